The summed E-state index contributed by atoms with van der Waals surface area (Å²) >= 11 is 0. The Bertz CT molecular complexity index is 795. The van der Waals surface area contributed by atoms with Gasteiger partial charge in [0.2, 0.25) is 11.8 Å². The lowest BCUT2D eigenvalue weighted by atomic mass is 10.2. The van der Waals surface area contributed by atoms with Crippen molar-refractivity contribution >= 4 is 5.91 Å². The minimum absolute atomic E-state index is 0.0984. The van der Waals surface area contributed by atoms with Crippen LogP contribution in [0.15, 0.2) is 65.3 Å². The molecule has 1 amide bonds. The largest absolute Gasteiger partial charge is 0.497 e. The zero-order chi connectivity index (χ0) is 16.8. The maximum absolute atomic E-state index is 12.0. The second kappa shape index (κ2) is 7.46. The van der Waals surface area contributed by atoms with Crippen molar-refractivity contribution in [2.75, 3.05) is 7.11 Å². The lowest BCUT2D eigenvalue weighted by Crippen LogP contribution is -2.24. The molecule has 0 atom stereocenters. The van der Waals surface area contributed by atoms with E-state index >= 15 is 0 Å². The van der Waals surface area contributed by atoms with Crippen molar-refractivity contribution in [1.29, 1.82) is 0 Å². The minimum atomic E-state index is -0.0984. The second-order valence-electron chi connectivity index (χ2n) is 5.31. The van der Waals surface area contributed by atoms with E-state index in [4.69, 9.17) is 9.15 Å². The number of nitrogens with one attached hydrogen (secondary N) is 1. The van der Waals surface area contributed by atoms with Gasteiger partial charge in [0.15, 0.2) is 0 Å². The van der Waals surface area contributed by atoms with Crippen LogP contribution < -0.4 is 10.1 Å². The Balaban J connectivity index is 1.54. The summed E-state index contributed by atoms with van der Waals surface area (Å²) in [6.45, 7) is 0.465. The van der Waals surface area contributed by atoms with Gasteiger partial charge < -0.3 is 14.5 Å². The summed E-state index contributed by atoms with van der Waals surface area (Å²) in [5.74, 6) is 1.22. The number of benzene rings is 2. The van der Waals surface area contributed by atoms with Gasteiger partial charge in [-0.2, -0.15) is 0 Å². The molecule has 1 heterocycles. The number of methoxy groups -OCH3 is 1. The Morgan fingerprint density at radius 2 is 1.88 bits per heavy atom. The lowest BCUT2D eigenvalue weighted by molar-refractivity contribution is -0.120. The van der Waals surface area contributed by atoms with Crippen LogP contribution in [0.25, 0.3) is 11.5 Å². The molecule has 0 aliphatic rings. The normalized spacial score (nSPS) is 10.4. The van der Waals surface area contributed by atoms with E-state index in [0.29, 0.717) is 18.1 Å². The average Bonchev–Trinajstić information content (AvgIpc) is 3.09. The summed E-state index contributed by atoms with van der Waals surface area (Å²) in [6.07, 6.45) is 1.71. The molecule has 5 nitrogen and oxygen atoms in total. The Hall–Kier alpha value is -3.08. The number of carbonyl (C=O) groups excluding carboxylic acids is 1. The number of hydrogen-bond acceptors (Lipinski definition) is 4. The van der Waals surface area contributed by atoms with Crippen LogP contribution in [0.1, 0.15) is 11.3 Å². The quantitative estimate of drug-likeness (QED) is 0.757. The average molecular weight is 322 g/mol. The van der Waals surface area contributed by atoms with Gasteiger partial charge in [0.05, 0.1) is 19.2 Å². The Morgan fingerprint density at radius 3 is 2.58 bits per heavy atom. The molecule has 0 aliphatic heterocycles. The molecule has 1 aromatic heterocycles. The van der Waals surface area contributed by atoms with Crippen LogP contribution in [0.3, 0.4) is 0 Å². The fourth-order valence-corrected chi connectivity index (χ4v) is 2.27. The van der Waals surface area contributed by atoms with Crippen molar-refractivity contribution in [3.63, 3.8) is 0 Å². The van der Waals surface area contributed by atoms with Crippen molar-refractivity contribution in [2.24, 2.45) is 0 Å². The summed E-state index contributed by atoms with van der Waals surface area (Å²) < 4.78 is 10.5. The summed E-state index contributed by atoms with van der Waals surface area (Å²) in [5, 5.41) is 2.87. The highest BCUT2D eigenvalue weighted by molar-refractivity contribution is 5.78. The van der Waals surface area contributed by atoms with Gasteiger partial charge in [-0.3, -0.25) is 4.79 Å². The molecular weight excluding hydrogens is 304 g/mol. The van der Waals surface area contributed by atoms with E-state index in [0.717, 1.165) is 16.9 Å². The zero-order valence-electron chi connectivity index (χ0n) is 13.4. The van der Waals surface area contributed by atoms with E-state index in [1.807, 2.05) is 54.6 Å². The van der Waals surface area contributed by atoms with Crippen molar-refractivity contribution in [3.8, 4) is 17.2 Å². The fourth-order valence-electron chi connectivity index (χ4n) is 2.27. The SMILES string of the molecule is COc1ccc(CNC(=O)Cc2coc(-c3ccccc3)n2)cc1. The van der Waals surface area contributed by atoms with E-state index in [2.05, 4.69) is 10.3 Å². The highest BCUT2D eigenvalue weighted by Gasteiger charge is 2.10. The van der Waals surface area contributed by atoms with Crippen LogP contribution in [0.5, 0.6) is 5.75 Å². The van der Waals surface area contributed by atoms with Gasteiger partial charge in [-0.1, -0.05) is 30.3 Å². The monoisotopic (exact) mass is 322 g/mol. The molecule has 0 unspecified atom stereocenters. The first kappa shape index (κ1) is 15.8. The topological polar surface area (TPSA) is 64.4 Å². The van der Waals surface area contributed by atoms with Gasteiger partial charge >= 0.3 is 0 Å². The molecule has 122 valence electrons. The van der Waals surface area contributed by atoms with E-state index in [-0.39, 0.29) is 12.3 Å². The molecule has 0 radical (unpaired) electrons. The third-order valence-electron chi connectivity index (χ3n) is 3.56. The maximum atomic E-state index is 12.0. The number of ether oxygens (including phenoxy) is 1. The molecule has 0 fully saturated rings. The van der Waals surface area contributed by atoms with Crippen LogP contribution in [0, 0.1) is 0 Å². The third-order valence-corrected chi connectivity index (χ3v) is 3.56. The van der Waals surface area contributed by atoms with Crippen LogP contribution in [-0.2, 0) is 17.8 Å². The van der Waals surface area contributed by atoms with Crippen molar-refractivity contribution in [3.05, 3.63) is 72.1 Å². The number of rotatable bonds is 6. The van der Waals surface area contributed by atoms with Crippen molar-refractivity contribution < 1.29 is 13.9 Å². The van der Waals surface area contributed by atoms with Gasteiger partial charge in [-0.25, -0.2) is 4.98 Å². The number of aromatic nitrogens is 1. The van der Waals surface area contributed by atoms with Crippen LogP contribution in [0.4, 0.5) is 0 Å². The first-order valence-corrected chi connectivity index (χ1v) is 7.64. The molecule has 2 aromatic carbocycles. The summed E-state index contributed by atoms with van der Waals surface area (Å²) in [5.41, 5.74) is 2.51. The van der Waals surface area contributed by atoms with Gasteiger partial charge in [-0.15, -0.1) is 0 Å². The van der Waals surface area contributed by atoms with E-state index in [1.165, 1.54) is 6.26 Å². The number of carbonyl (C=O) groups is 1. The highest BCUT2D eigenvalue weighted by Crippen LogP contribution is 2.18. The van der Waals surface area contributed by atoms with Crippen LogP contribution >= 0.6 is 0 Å². The molecule has 0 bridgehead atoms. The Labute approximate surface area is 140 Å². The van der Waals surface area contributed by atoms with Gasteiger partial charge in [0, 0.05) is 12.1 Å². The highest BCUT2D eigenvalue weighted by atomic mass is 16.5. The minimum Gasteiger partial charge on any atom is -0.497 e. The molecule has 3 rings (SSSR count). The third kappa shape index (κ3) is 4.01. The smallest absolute Gasteiger partial charge is 0.226 e. The molecule has 0 saturated carbocycles. The molecule has 24 heavy (non-hydrogen) atoms. The van der Waals surface area contributed by atoms with E-state index < -0.39 is 0 Å². The first-order chi connectivity index (χ1) is 11.7. The summed E-state index contributed by atoms with van der Waals surface area (Å²) in [6, 6.07) is 17.2. The standard InChI is InChI=1S/C19H18N2O3/c1-23-17-9-7-14(8-10-17)12-20-18(22)11-16-13-24-19(21-16)15-5-3-2-4-6-15/h2-10,13H,11-12H2,1H3,(H,20,22). The Kier molecular flexibility index (Phi) is 4.91. The molecular formula is C19H18N2O3. The maximum Gasteiger partial charge on any atom is 0.226 e. The Morgan fingerprint density at radius 1 is 1.12 bits per heavy atom. The molecule has 3 aromatic rings. The van der Waals surface area contributed by atoms with Crippen molar-refractivity contribution in [2.45, 2.75) is 13.0 Å². The van der Waals surface area contributed by atoms with E-state index in [1.54, 1.807) is 7.11 Å². The molecule has 0 spiro atoms. The summed E-state index contributed by atoms with van der Waals surface area (Å²) in [7, 11) is 1.62. The van der Waals surface area contributed by atoms with Gasteiger partial charge in [0.1, 0.15) is 12.0 Å². The number of amides is 1. The second-order valence-corrected chi connectivity index (χ2v) is 5.31. The number of nitrogens with zero attached hydrogens (tertiary/aromatic N) is 1. The van der Waals surface area contributed by atoms with E-state index in [9.17, 15) is 4.79 Å². The lowest BCUT2D eigenvalue weighted by Gasteiger charge is -2.05. The predicted octanol–water partition coefficient (Wildman–Crippen LogP) is 3.21. The first-order valence-electron chi connectivity index (χ1n) is 7.64. The van der Waals surface area contributed by atoms with Crippen LogP contribution in [0.2, 0.25) is 0 Å². The van der Waals surface area contributed by atoms with Gasteiger partial charge in [-0.05, 0) is 29.8 Å². The molecule has 1 N–H and O–H groups in total. The predicted molar refractivity (Wildman–Crippen MR) is 90.5 cm³/mol. The summed E-state index contributed by atoms with van der Waals surface area (Å²) in [4.78, 5) is 16.4. The fraction of sp³-hybridized carbons (Fsp3) is 0.158. The molecule has 0 saturated heterocycles. The molecule has 5 heteroatoms. The molecule has 0 aliphatic carbocycles. The zero-order valence-corrected chi connectivity index (χ0v) is 13.4. The van der Waals surface area contributed by atoms with Crippen molar-refractivity contribution in [1.82, 2.24) is 10.3 Å². The van der Waals surface area contributed by atoms with Crippen LogP contribution in [-0.4, -0.2) is 18.0 Å². The number of hydrogen-bond donors (Lipinski definition) is 1. The van der Waals surface area contributed by atoms with Gasteiger partial charge in [0.25, 0.3) is 0 Å². The number of oxazole rings is 1.